The SMILES string of the molecule is COc1ccc(C2Oc3cc(OC)c(O)c(C)c3C2c2cc(OC)cc(OC)c2)cc1. The standard InChI is InChI=1S/C25H26O6/c1-14-22-20(13-21(30-5)24(14)26)31-25(15-6-8-17(27-2)9-7-15)23(22)16-10-18(28-3)12-19(11-16)29-4/h6-13,23,25-26H,1-5H3. The number of methoxy groups -OCH3 is 4. The van der Waals surface area contributed by atoms with E-state index in [4.69, 9.17) is 23.7 Å². The van der Waals surface area contributed by atoms with Crippen LogP contribution in [0.15, 0.2) is 48.5 Å². The van der Waals surface area contributed by atoms with Crippen LogP contribution in [0.5, 0.6) is 34.5 Å². The highest BCUT2D eigenvalue weighted by atomic mass is 16.5. The second kappa shape index (κ2) is 8.30. The summed E-state index contributed by atoms with van der Waals surface area (Å²) >= 11 is 0. The summed E-state index contributed by atoms with van der Waals surface area (Å²) in [6.07, 6.45) is -0.317. The highest BCUT2D eigenvalue weighted by Gasteiger charge is 2.40. The number of aromatic hydroxyl groups is 1. The van der Waals surface area contributed by atoms with Crippen LogP contribution in [-0.4, -0.2) is 33.5 Å². The zero-order chi connectivity index (χ0) is 22.1. The number of benzene rings is 3. The predicted molar refractivity (Wildman–Crippen MR) is 117 cm³/mol. The van der Waals surface area contributed by atoms with E-state index < -0.39 is 0 Å². The number of hydrogen-bond acceptors (Lipinski definition) is 6. The summed E-state index contributed by atoms with van der Waals surface area (Å²) < 4.78 is 28.1. The van der Waals surface area contributed by atoms with E-state index in [9.17, 15) is 5.11 Å². The van der Waals surface area contributed by atoms with Gasteiger partial charge < -0.3 is 28.8 Å². The van der Waals surface area contributed by atoms with E-state index in [0.29, 0.717) is 23.0 Å². The first-order valence-corrected chi connectivity index (χ1v) is 9.94. The van der Waals surface area contributed by atoms with Gasteiger partial charge in [0.25, 0.3) is 0 Å². The molecule has 6 nitrogen and oxygen atoms in total. The minimum atomic E-state index is -0.317. The highest BCUT2D eigenvalue weighted by Crippen LogP contribution is 2.55. The van der Waals surface area contributed by atoms with Gasteiger partial charge in [0.15, 0.2) is 11.5 Å². The van der Waals surface area contributed by atoms with Crippen LogP contribution in [0.2, 0.25) is 0 Å². The molecule has 0 aromatic heterocycles. The highest BCUT2D eigenvalue weighted by molar-refractivity contribution is 5.62. The van der Waals surface area contributed by atoms with Gasteiger partial charge in [0.2, 0.25) is 0 Å². The molecule has 4 rings (SSSR count). The van der Waals surface area contributed by atoms with E-state index in [1.165, 1.54) is 7.11 Å². The van der Waals surface area contributed by atoms with Crippen molar-refractivity contribution < 1.29 is 28.8 Å². The Kier molecular flexibility index (Phi) is 5.55. The van der Waals surface area contributed by atoms with E-state index in [0.717, 1.165) is 28.0 Å². The molecular weight excluding hydrogens is 396 g/mol. The van der Waals surface area contributed by atoms with Crippen LogP contribution in [0.3, 0.4) is 0 Å². The molecule has 1 aliphatic heterocycles. The fraction of sp³-hybridized carbons (Fsp3) is 0.280. The molecule has 0 aliphatic carbocycles. The van der Waals surface area contributed by atoms with Crippen molar-refractivity contribution >= 4 is 0 Å². The summed E-state index contributed by atoms with van der Waals surface area (Å²) in [6, 6.07) is 15.3. The summed E-state index contributed by atoms with van der Waals surface area (Å²) in [7, 11) is 6.42. The molecule has 0 radical (unpaired) electrons. The summed E-state index contributed by atoms with van der Waals surface area (Å²) in [5, 5.41) is 10.7. The van der Waals surface area contributed by atoms with Crippen LogP contribution in [0, 0.1) is 6.92 Å². The first kappa shape index (κ1) is 20.7. The molecular formula is C25H26O6. The Hall–Kier alpha value is -3.54. The van der Waals surface area contributed by atoms with Crippen molar-refractivity contribution in [1.82, 2.24) is 0 Å². The molecule has 0 saturated heterocycles. The molecule has 3 aromatic rings. The van der Waals surface area contributed by atoms with E-state index in [2.05, 4.69) is 0 Å². The molecule has 1 aliphatic rings. The molecule has 0 amide bonds. The average Bonchev–Trinajstić information content (AvgIpc) is 3.20. The van der Waals surface area contributed by atoms with Crippen molar-refractivity contribution in [2.75, 3.05) is 28.4 Å². The van der Waals surface area contributed by atoms with Crippen molar-refractivity contribution in [2.24, 2.45) is 0 Å². The molecule has 2 unspecified atom stereocenters. The second-order valence-electron chi connectivity index (χ2n) is 7.40. The zero-order valence-corrected chi connectivity index (χ0v) is 18.3. The monoisotopic (exact) mass is 422 g/mol. The van der Waals surface area contributed by atoms with Gasteiger partial charge in [0.05, 0.1) is 34.4 Å². The van der Waals surface area contributed by atoms with E-state index in [-0.39, 0.29) is 17.8 Å². The largest absolute Gasteiger partial charge is 0.504 e. The van der Waals surface area contributed by atoms with Crippen LogP contribution in [0.1, 0.15) is 34.3 Å². The fourth-order valence-electron chi connectivity index (χ4n) is 4.16. The lowest BCUT2D eigenvalue weighted by molar-refractivity contribution is 0.221. The molecule has 0 saturated carbocycles. The van der Waals surface area contributed by atoms with Crippen molar-refractivity contribution in [3.05, 3.63) is 70.8 Å². The van der Waals surface area contributed by atoms with E-state index >= 15 is 0 Å². The number of phenolic OH excluding ortho intramolecular Hbond substituents is 1. The van der Waals surface area contributed by atoms with Gasteiger partial charge in [0, 0.05) is 23.3 Å². The van der Waals surface area contributed by atoms with Gasteiger partial charge in [0.1, 0.15) is 29.1 Å². The van der Waals surface area contributed by atoms with Gasteiger partial charge in [-0.05, 0) is 42.3 Å². The van der Waals surface area contributed by atoms with Crippen molar-refractivity contribution in [1.29, 1.82) is 0 Å². The third kappa shape index (κ3) is 3.58. The van der Waals surface area contributed by atoms with Crippen LogP contribution in [0.25, 0.3) is 0 Å². The van der Waals surface area contributed by atoms with Gasteiger partial charge in [-0.1, -0.05) is 12.1 Å². The van der Waals surface area contributed by atoms with Gasteiger partial charge >= 0.3 is 0 Å². The topological polar surface area (TPSA) is 66.4 Å². The molecule has 0 fully saturated rings. The maximum atomic E-state index is 10.7. The number of ether oxygens (including phenoxy) is 5. The Balaban J connectivity index is 1.92. The van der Waals surface area contributed by atoms with Crippen LogP contribution in [-0.2, 0) is 0 Å². The first-order valence-electron chi connectivity index (χ1n) is 9.94. The van der Waals surface area contributed by atoms with Crippen molar-refractivity contribution in [3.8, 4) is 34.5 Å². The minimum absolute atomic E-state index is 0.111. The van der Waals surface area contributed by atoms with E-state index in [1.54, 1.807) is 27.4 Å². The van der Waals surface area contributed by atoms with Gasteiger partial charge in [-0.3, -0.25) is 0 Å². The zero-order valence-electron chi connectivity index (χ0n) is 18.3. The number of fused-ring (bicyclic) bond motifs is 1. The van der Waals surface area contributed by atoms with Gasteiger partial charge in [-0.25, -0.2) is 0 Å². The lowest BCUT2D eigenvalue weighted by Gasteiger charge is -2.22. The van der Waals surface area contributed by atoms with Crippen LogP contribution >= 0.6 is 0 Å². The number of rotatable bonds is 6. The molecule has 0 spiro atoms. The number of hydrogen-bond donors (Lipinski definition) is 1. The fourth-order valence-corrected chi connectivity index (χ4v) is 4.16. The quantitative estimate of drug-likeness (QED) is 0.603. The molecule has 6 heteroatoms. The molecule has 31 heavy (non-hydrogen) atoms. The molecule has 162 valence electrons. The van der Waals surface area contributed by atoms with Crippen LogP contribution < -0.4 is 23.7 Å². The van der Waals surface area contributed by atoms with Crippen molar-refractivity contribution in [3.63, 3.8) is 0 Å². The Labute approximate surface area is 181 Å². The Morgan fingerprint density at radius 1 is 0.742 bits per heavy atom. The lowest BCUT2D eigenvalue weighted by atomic mass is 9.83. The maximum absolute atomic E-state index is 10.7. The molecule has 3 aromatic carbocycles. The number of phenols is 1. The van der Waals surface area contributed by atoms with Gasteiger partial charge in [-0.15, -0.1) is 0 Å². The first-order chi connectivity index (χ1) is 15.0. The smallest absolute Gasteiger partial charge is 0.164 e. The molecule has 1 heterocycles. The summed E-state index contributed by atoms with van der Waals surface area (Å²) in [5.74, 6) is 3.13. The van der Waals surface area contributed by atoms with Crippen molar-refractivity contribution in [2.45, 2.75) is 18.9 Å². The summed E-state index contributed by atoms with van der Waals surface area (Å²) in [6.45, 7) is 1.88. The summed E-state index contributed by atoms with van der Waals surface area (Å²) in [4.78, 5) is 0. The predicted octanol–water partition coefficient (Wildman–Crippen LogP) is 5.00. The Bertz CT molecular complexity index is 1070. The van der Waals surface area contributed by atoms with Gasteiger partial charge in [-0.2, -0.15) is 0 Å². The molecule has 1 N–H and O–H groups in total. The third-order valence-corrected chi connectivity index (χ3v) is 5.79. The van der Waals surface area contributed by atoms with E-state index in [1.807, 2.05) is 49.4 Å². The Morgan fingerprint density at radius 2 is 1.35 bits per heavy atom. The molecule has 0 bridgehead atoms. The summed E-state index contributed by atoms with van der Waals surface area (Å²) in [5.41, 5.74) is 3.58. The lowest BCUT2D eigenvalue weighted by Crippen LogP contribution is -2.12. The normalized spacial score (nSPS) is 16.9. The molecule has 2 atom stereocenters. The van der Waals surface area contributed by atoms with Crippen LogP contribution in [0.4, 0.5) is 0 Å². The minimum Gasteiger partial charge on any atom is -0.504 e. The average molecular weight is 422 g/mol. The second-order valence-corrected chi connectivity index (χ2v) is 7.40. The Morgan fingerprint density at radius 3 is 1.90 bits per heavy atom. The third-order valence-electron chi connectivity index (χ3n) is 5.79. The maximum Gasteiger partial charge on any atom is 0.164 e.